The lowest BCUT2D eigenvalue weighted by Crippen LogP contribution is -2.42. The number of hydrogen-bond acceptors (Lipinski definition) is 1. The molecule has 0 saturated heterocycles. The van der Waals surface area contributed by atoms with Crippen LogP contribution in [0.3, 0.4) is 0 Å². The van der Waals surface area contributed by atoms with Crippen LogP contribution >= 0.6 is 0 Å². The minimum Gasteiger partial charge on any atom is -0.256 e. The maximum atomic E-state index is 5.05. The van der Waals surface area contributed by atoms with Gasteiger partial charge < -0.3 is 0 Å². The first-order valence-electron chi connectivity index (χ1n) is 14.6. The van der Waals surface area contributed by atoms with Crippen molar-refractivity contribution >= 4 is 0 Å². The van der Waals surface area contributed by atoms with Crippen LogP contribution in [0.15, 0.2) is 48.7 Å². The average molecular weight is 500 g/mol. The van der Waals surface area contributed by atoms with Gasteiger partial charge in [-0.25, -0.2) is 0 Å². The fraction of sp³-hybridized carbons (Fsp3) is 0.528. The number of hydrogen-bond donors (Lipinski definition) is 0. The zero-order chi connectivity index (χ0) is 28.3. The van der Waals surface area contributed by atoms with Crippen molar-refractivity contribution in [2.45, 2.75) is 120 Å². The molecular formula is C36H53N. The van der Waals surface area contributed by atoms with Crippen LogP contribution in [0.5, 0.6) is 0 Å². The Morgan fingerprint density at radius 2 is 1.24 bits per heavy atom. The monoisotopic (exact) mass is 499 g/mol. The van der Waals surface area contributed by atoms with E-state index >= 15 is 0 Å². The first kappa shape index (κ1) is 30.8. The third-order valence-corrected chi connectivity index (χ3v) is 9.63. The smallest absolute Gasteiger partial charge is 0.0708 e. The molecule has 1 heteroatoms. The Kier molecular flexibility index (Phi) is 9.61. The van der Waals surface area contributed by atoms with Gasteiger partial charge in [-0.15, -0.1) is 0 Å². The Labute approximate surface area is 229 Å². The van der Waals surface area contributed by atoms with Crippen LogP contribution in [0.2, 0.25) is 0 Å². The second-order valence-electron chi connectivity index (χ2n) is 11.9. The first-order chi connectivity index (χ1) is 17.3. The molecule has 1 heterocycles. The fourth-order valence-corrected chi connectivity index (χ4v) is 5.82. The van der Waals surface area contributed by atoms with Crippen molar-refractivity contribution < 1.29 is 0 Å². The third kappa shape index (κ3) is 5.04. The molecule has 1 atom stereocenters. The van der Waals surface area contributed by atoms with E-state index in [1.54, 1.807) is 0 Å². The SMILES string of the molecule is CC.CC.CCC(C)c1cc2c(cc1-c1cc(C)c(-c3ccccc3C)cn1)C(C)(C)C(C)(C)C2(C)C. The molecule has 1 aliphatic carbocycles. The van der Waals surface area contributed by atoms with Gasteiger partial charge in [0.05, 0.1) is 5.69 Å². The van der Waals surface area contributed by atoms with E-state index in [0.717, 1.165) is 12.1 Å². The Morgan fingerprint density at radius 1 is 0.703 bits per heavy atom. The summed E-state index contributed by atoms with van der Waals surface area (Å²) in [5, 5.41) is 0. The summed E-state index contributed by atoms with van der Waals surface area (Å²) in [7, 11) is 0. The molecule has 0 radical (unpaired) electrons. The van der Waals surface area contributed by atoms with Gasteiger partial charge in [-0.1, -0.05) is 113 Å². The van der Waals surface area contributed by atoms with Crippen LogP contribution in [-0.2, 0) is 10.8 Å². The van der Waals surface area contributed by atoms with E-state index in [9.17, 15) is 0 Å². The summed E-state index contributed by atoms with van der Waals surface area (Å²) in [6.45, 7) is 31.6. The summed E-state index contributed by atoms with van der Waals surface area (Å²) in [6.07, 6.45) is 3.21. The summed E-state index contributed by atoms with van der Waals surface area (Å²) in [5.74, 6) is 0.492. The molecule has 0 aliphatic heterocycles. The highest BCUT2D eigenvalue weighted by atomic mass is 14.7. The van der Waals surface area contributed by atoms with E-state index in [4.69, 9.17) is 4.98 Å². The molecule has 4 rings (SSSR count). The van der Waals surface area contributed by atoms with Gasteiger partial charge in [0.1, 0.15) is 0 Å². The standard InChI is InChI=1S/C32H41N.2C2H6/c1-11-20(2)24-17-27-28(31(7,8)32(9,10)30(27,5)6)18-25(24)29-16-22(4)26(19-33-29)23-15-13-12-14-21(23)3;2*1-2/h12-20H,11H2,1-10H3;2*1-2H3. The Hall–Kier alpha value is -2.41. The molecule has 0 N–H and O–H groups in total. The van der Waals surface area contributed by atoms with Crippen LogP contribution in [0.25, 0.3) is 22.4 Å². The zero-order valence-electron chi connectivity index (χ0n) is 26.4. The predicted molar refractivity (Wildman–Crippen MR) is 166 cm³/mol. The zero-order valence-corrected chi connectivity index (χ0v) is 26.4. The molecule has 0 saturated carbocycles. The number of aromatic nitrogens is 1. The minimum atomic E-state index is 0.0880. The van der Waals surface area contributed by atoms with Gasteiger partial charge in [-0.05, 0) is 87.9 Å². The van der Waals surface area contributed by atoms with Crippen molar-refractivity contribution in [3.8, 4) is 22.4 Å². The third-order valence-electron chi connectivity index (χ3n) is 9.63. The first-order valence-corrected chi connectivity index (χ1v) is 14.6. The molecule has 0 bridgehead atoms. The molecule has 1 aliphatic rings. The van der Waals surface area contributed by atoms with Crippen molar-refractivity contribution in [1.29, 1.82) is 0 Å². The number of nitrogens with zero attached hydrogens (tertiary/aromatic N) is 1. The normalized spacial score (nSPS) is 17.0. The largest absolute Gasteiger partial charge is 0.256 e. The Morgan fingerprint density at radius 3 is 1.76 bits per heavy atom. The summed E-state index contributed by atoms with van der Waals surface area (Å²) < 4.78 is 0. The maximum Gasteiger partial charge on any atom is 0.0708 e. The lowest BCUT2D eigenvalue weighted by atomic mass is 9.59. The van der Waals surface area contributed by atoms with Crippen LogP contribution in [0.4, 0.5) is 0 Å². The molecule has 37 heavy (non-hydrogen) atoms. The molecule has 0 fully saturated rings. The van der Waals surface area contributed by atoms with Gasteiger partial charge in [0.25, 0.3) is 0 Å². The molecule has 2 aromatic carbocycles. The summed E-state index contributed by atoms with van der Waals surface area (Å²) in [6, 6.07) is 15.9. The van der Waals surface area contributed by atoms with E-state index < -0.39 is 0 Å². The summed E-state index contributed by atoms with van der Waals surface area (Å²) in [5.41, 5.74) is 12.3. The lowest BCUT2D eigenvalue weighted by Gasteiger charge is -2.44. The number of fused-ring (bicyclic) bond motifs is 1. The van der Waals surface area contributed by atoms with E-state index in [0.29, 0.717) is 5.92 Å². The molecule has 1 aromatic heterocycles. The van der Waals surface area contributed by atoms with Gasteiger partial charge in [-0.3, -0.25) is 4.98 Å². The van der Waals surface area contributed by atoms with Crippen LogP contribution < -0.4 is 0 Å². The van der Waals surface area contributed by atoms with Crippen molar-refractivity contribution in [2.75, 3.05) is 0 Å². The van der Waals surface area contributed by atoms with Crippen molar-refractivity contribution in [3.63, 3.8) is 0 Å². The number of benzene rings is 2. The quantitative estimate of drug-likeness (QED) is 0.348. The second-order valence-corrected chi connectivity index (χ2v) is 11.9. The van der Waals surface area contributed by atoms with Gasteiger partial charge in [0, 0.05) is 17.3 Å². The fourth-order valence-electron chi connectivity index (χ4n) is 5.82. The summed E-state index contributed by atoms with van der Waals surface area (Å²) in [4.78, 5) is 5.05. The van der Waals surface area contributed by atoms with Crippen molar-refractivity contribution in [3.05, 3.63) is 76.5 Å². The molecule has 1 nitrogen and oxygen atoms in total. The molecule has 1 unspecified atom stereocenters. The van der Waals surface area contributed by atoms with E-state index in [-0.39, 0.29) is 16.2 Å². The molecule has 0 spiro atoms. The van der Waals surface area contributed by atoms with E-state index in [1.807, 2.05) is 27.7 Å². The Balaban J connectivity index is 0.00000115. The predicted octanol–water partition coefficient (Wildman–Crippen LogP) is 11.2. The van der Waals surface area contributed by atoms with Gasteiger partial charge >= 0.3 is 0 Å². The van der Waals surface area contributed by atoms with Gasteiger partial charge in [-0.2, -0.15) is 0 Å². The maximum absolute atomic E-state index is 5.05. The van der Waals surface area contributed by atoms with Gasteiger partial charge in [0.2, 0.25) is 0 Å². The van der Waals surface area contributed by atoms with Crippen molar-refractivity contribution in [2.24, 2.45) is 5.41 Å². The van der Waals surface area contributed by atoms with E-state index in [2.05, 4.69) is 118 Å². The second kappa shape index (κ2) is 11.5. The number of rotatable bonds is 4. The number of pyridine rings is 1. The van der Waals surface area contributed by atoms with Gasteiger partial charge in [0.15, 0.2) is 0 Å². The highest BCUT2D eigenvalue weighted by Crippen LogP contribution is 2.62. The highest BCUT2D eigenvalue weighted by molar-refractivity contribution is 5.75. The van der Waals surface area contributed by atoms with Crippen LogP contribution in [0, 0.1) is 19.3 Å². The van der Waals surface area contributed by atoms with Crippen molar-refractivity contribution in [1.82, 2.24) is 4.98 Å². The van der Waals surface area contributed by atoms with Crippen LogP contribution in [-0.4, -0.2) is 4.98 Å². The highest BCUT2D eigenvalue weighted by Gasteiger charge is 2.57. The average Bonchev–Trinajstić information content (AvgIpc) is 2.99. The summed E-state index contributed by atoms with van der Waals surface area (Å²) >= 11 is 0. The van der Waals surface area contributed by atoms with Crippen LogP contribution in [0.1, 0.15) is 123 Å². The van der Waals surface area contributed by atoms with E-state index in [1.165, 1.54) is 44.5 Å². The molecule has 0 amide bonds. The topological polar surface area (TPSA) is 12.9 Å². The molecule has 3 aromatic rings. The number of aryl methyl sites for hydroxylation is 2. The molecular weight excluding hydrogens is 446 g/mol. The molecule has 202 valence electrons. The lowest BCUT2D eigenvalue weighted by molar-refractivity contribution is 0.125. The minimum absolute atomic E-state index is 0.0880. The Bertz CT molecular complexity index is 1210.